The van der Waals surface area contributed by atoms with Gasteiger partial charge in [-0.05, 0) is 77.7 Å². The summed E-state index contributed by atoms with van der Waals surface area (Å²) in [7, 11) is 0. The molecule has 7 nitrogen and oxygen atoms in total. The number of aryl methyl sites for hydroxylation is 1. The lowest BCUT2D eigenvalue weighted by Crippen LogP contribution is -2.39. The molecule has 1 aromatic heterocycles. The number of unbranched alkanes of at least 4 members (excludes halogenated alkanes) is 1. The lowest BCUT2D eigenvalue weighted by molar-refractivity contribution is -0.121. The standard InChI is InChI=1S/C24H23BrN2O5/c1-16-6-2-3-7-19(16)30-13-5-4-12-27-18-14-17(8-9-20(18)31-15-23(27)28)26-24(29)21-10-11-22(25)32-21/h2-3,6-11,14H,4-5,12-13,15H2,1H3,(H,26,29). The Kier molecular flexibility index (Phi) is 6.80. The maximum atomic E-state index is 12.5. The topological polar surface area (TPSA) is 81.0 Å². The second-order valence-corrected chi connectivity index (χ2v) is 8.18. The fourth-order valence-electron chi connectivity index (χ4n) is 3.43. The van der Waals surface area contributed by atoms with Crippen molar-refractivity contribution >= 4 is 39.1 Å². The molecule has 0 saturated carbocycles. The molecule has 1 aliphatic heterocycles. The fourth-order valence-corrected chi connectivity index (χ4v) is 3.73. The third-order valence-corrected chi connectivity index (χ3v) is 5.51. The smallest absolute Gasteiger partial charge is 0.291 e. The van der Waals surface area contributed by atoms with Gasteiger partial charge in [-0.3, -0.25) is 9.59 Å². The minimum atomic E-state index is -0.376. The van der Waals surface area contributed by atoms with Crippen LogP contribution in [-0.4, -0.2) is 31.6 Å². The summed E-state index contributed by atoms with van der Waals surface area (Å²) >= 11 is 3.19. The van der Waals surface area contributed by atoms with Crippen LogP contribution in [0.2, 0.25) is 0 Å². The predicted molar refractivity (Wildman–Crippen MR) is 125 cm³/mol. The summed E-state index contributed by atoms with van der Waals surface area (Å²) < 4.78 is 17.2. The zero-order chi connectivity index (χ0) is 22.5. The van der Waals surface area contributed by atoms with Gasteiger partial charge in [0.25, 0.3) is 11.8 Å². The van der Waals surface area contributed by atoms with Crippen molar-refractivity contribution in [3.8, 4) is 11.5 Å². The summed E-state index contributed by atoms with van der Waals surface area (Å²) in [5.74, 6) is 1.19. The van der Waals surface area contributed by atoms with Crippen molar-refractivity contribution in [1.82, 2.24) is 0 Å². The van der Waals surface area contributed by atoms with Crippen LogP contribution in [-0.2, 0) is 4.79 Å². The molecule has 8 heteroatoms. The molecular formula is C24H23BrN2O5. The number of hydrogen-bond acceptors (Lipinski definition) is 5. The Labute approximate surface area is 194 Å². The fraction of sp³-hybridized carbons (Fsp3) is 0.250. The summed E-state index contributed by atoms with van der Waals surface area (Å²) in [6.07, 6.45) is 1.58. The van der Waals surface area contributed by atoms with E-state index in [1.807, 2.05) is 31.2 Å². The number of anilines is 2. The van der Waals surface area contributed by atoms with E-state index in [0.29, 0.717) is 34.9 Å². The van der Waals surface area contributed by atoms with Gasteiger partial charge in [-0.25, -0.2) is 0 Å². The van der Waals surface area contributed by atoms with Crippen molar-refractivity contribution in [2.45, 2.75) is 19.8 Å². The molecule has 0 radical (unpaired) electrons. The Morgan fingerprint density at radius 2 is 2.00 bits per heavy atom. The van der Waals surface area contributed by atoms with Crippen LogP contribution in [0.15, 0.2) is 63.7 Å². The normalized spacial score (nSPS) is 12.8. The number of hydrogen-bond donors (Lipinski definition) is 1. The molecule has 3 aromatic rings. The van der Waals surface area contributed by atoms with Crippen LogP contribution in [0.25, 0.3) is 0 Å². The first-order valence-corrected chi connectivity index (χ1v) is 11.1. The number of furan rings is 1. The molecule has 32 heavy (non-hydrogen) atoms. The minimum absolute atomic E-state index is 0.00115. The highest BCUT2D eigenvalue weighted by Crippen LogP contribution is 2.35. The van der Waals surface area contributed by atoms with Crippen LogP contribution in [0.4, 0.5) is 11.4 Å². The third-order valence-electron chi connectivity index (χ3n) is 5.08. The van der Waals surface area contributed by atoms with Gasteiger partial charge in [0, 0.05) is 12.2 Å². The van der Waals surface area contributed by atoms with Crippen molar-refractivity contribution in [2.75, 3.05) is 30.0 Å². The van der Waals surface area contributed by atoms with Crippen LogP contribution in [0.3, 0.4) is 0 Å². The Hall–Kier alpha value is -3.26. The van der Waals surface area contributed by atoms with Crippen LogP contribution in [0.1, 0.15) is 29.0 Å². The summed E-state index contributed by atoms with van der Waals surface area (Å²) in [4.78, 5) is 26.6. The molecule has 0 spiro atoms. The van der Waals surface area contributed by atoms with Crippen LogP contribution >= 0.6 is 15.9 Å². The molecule has 1 aliphatic rings. The maximum absolute atomic E-state index is 12.5. The van der Waals surface area contributed by atoms with E-state index in [2.05, 4.69) is 21.2 Å². The number of carbonyl (C=O) groups is 2. The Morgan fingerprint density at radius 3 is 2.78 bits per heavy atom. The number of rotatable bonds is 8. The summed E-state index contributed by atoms with van der Waals surface area (Å²) in [6.45, 7) is 3.12. The molecule has 2 aromatic carbocycles. The van der Waals surface area contributed by atoms with Gasteiger partial charge < -0.3 is 24.1 Å². The molecule has 0 fully saturated rings. The maximum Gasteiger partial charge on any atom is 0.291 e. The molecule has 0 bridgehead atoms. The van der Waals surface area contributed by atoms with Gasteiger partial charge in [0.15, 0.2) is 17.0 Å². The van der Waals surface area contributed by atoms with E-state index in [1.165, 1.54) is 0 Å². The highest BCUT2D eigenvalue weighted by Gasteiger charge is 2.26. The molecule has 0 saturated heterocycles. The molecule has 166 valence electrons. The first-order chi connectivity index (χ1) is 15.5. The highest BCUT2D eigenvalue weighted by molar-refractivity contribution is 9.10. The molecule has 0 unspecified atom stereocenters. The van der Waals surface area contributed by atoms with Crippen LogP contribution in [0.5, 0.6) is 11.5 Å². The highest BCUT2D eigenvalue weighted by atomic mass is 79.9. The van der Waals surface area contributed by atoms with Gasteiger partial charge in [-0.1, -0.05) is 18.2 Å². The molecule has 2 amide bonds. The second kappa shape index (κ2) is 9.91. The molecule has 4 rings (SSSR count). The van der Waals surface area contributed by atoms with Gasteiger partial charge in [-0.15, -0.1) is 0 Å². The molecule has 0 aliphatic carbocycles. The van der Waals surface area contributed by atoms with Crippen LogP contribution in [0, 0.1) is 6.92 Å². The van der Waals surface area contributed by atoms with E-state index >= 15 is 0 Å². The van der Waals surface area contributed by atoms with Gasteiger partial charge in [0.05, 0.1) is 12.3 Å². The Morgan fingerprint density at radius 1 is 1.16 bits per heavy atom. The number of carbonyl (C=O) groups excluding carboxylic acids is 2. The molecular weight excluding hydrogens is 476 g/mol. The average Bonchev–Trinajstić information content (AvgIpc) is 3.22. The minimum Gasteiger partial charge on any atom is -0.493 e. The Bertz CT molecular complexity index is 1130. The summed E-state index contributed by atoms with van der Waals surface area (Å²) in [5, 5.41) is 2.79. The first-order valence-electron chi connectivity index (χ1n) is 10.3. The zero-order valence-corrected chi connectivity index (χ0v) is 19.2. The first kappa shape index (κ1) is 22.0. The number of nitrogens with zero attached hydrogens (tertiary/aromatic N) is 1. The van der Waals surface area contributed by atoms with Crippen molar-refractivity contribution in [2.24, 2.45) is 0 Å². The largest absolute Gasteiger partial charge is 0.493 e. The van der Waals surface area contributed by atoms with E-state index in [4.69, 9.17) is 13.9 Å². The van der Waals surface area contributed by atoms with Crippen LogP contribution < -0.4 is 19.7 Å². The molecule has 2 heterocycles. The lowest BCUT2D eigenvalue weighted by atomic mass is 10.2. The molecule has 1 N–H and O–H groups in total. The van der Waals surface area contributed by atoms with Gasteiger partial charge in [-0.2, -0.15) is 0 Å². The number of para-hydroxylation sites is 1. The van der Waals surface area contributed by atoms with Crippen molar-refractivity contribution in [3.63, 3.8) is 0 Å². The van der Waals surface area contributed by atoms with Crippen molar-refractivity contribution in [1.29, 1.82) is 0 Å². The van der Waals surface area contributed by atoms with Crippen molar-refractivity contribution in [3.05, 3.63) is 70.6 Å². The van der Waals surface area contributed by atoms with Gasteiger partial charge in [0.2, 0.25) is 0 Å². The number of halogens is 1. The molecule has 0 atom stereocenters. The third kappa shape index (κ3) is 5.13. The SMILES string of the molecule is Cc1ccccc1OCCCCN1C(=O)COc2ccc(NC(=O)c3ccc(Br)o3)cc21. The monoisotopic (exact) mass is 498 g/mol. The predicted octanol–water partition coefficient (Wildman–Crippen LogP) is 5.19. The van der Waals surface area contributed by atoms with E-state index in [0.717, 1.165) is 24.2 Å². The number of amides is 2. The number of ether oxygens (including phenoxy) is 2. The van der Waals surface area contributed by atoms with E-state index in [9.17, 15) is 9.59 Å². The zero-order valence-electron chi connectivity index (χ0n) is 17.6. The van der Waals surface area contributed by atoms with Gasteiger partial charge in [0.1, 0.15) is 11.5 Å². The second-order valence-electron chi connectivity index (χ2n) is 7.40. The summed E-state index contributed by atoms with van der Waals surface area (Å²) in [6, 6.07) is 16.4. The summed E-state index contributed by atoms with van der Waals surface area (Å²) in [5.41, 5.74) is 2.29. The van der Waals surface area contributed by atoms with E-state index in [-0.39, 0.29) is 24.2 Å². The van der Waals surface area contributed by atoms with Gasteiger partial charge >= 0.3 is 0 Å². The Balaban J connectivity index is 1.37. The lowest BCUT2D eigenvalue weighted by Gasteiger charge is -2.30. The number of benzene rings is 2. The number of nitrogens with one attached hydrogen (secondary N) is 1. The number of fused-ring (bicyclic) bond motifs is 1. The van der Waals surface area contributed by atoms with E-state index in [1.54, 1.807) is 35.2 Å². The van der Waals surface area contributed by atoms with Crippen molar-refractivity contribution < 1.29 is 23.5 Å². The quantitative estimate of drug-likeness (QED) is 0.432. The van der Waals surface area contributed by atoms with E-state index < -0.39 is 0 Å². The average molecular weight is 499 g/mol.